The van der Waals surface area contributed by atoms with Gasteiger partial charge in [-0.2, -0.15) is 0 Å². The topological polar surface area (TPSA) is 106 Å². The van der Waals surface area contributed by atoms with E-state index in [4.69, 9.17) is 14.2 Å². The van der Waals surface area contributed by atoms with Crippen LogP contribution < -0.4 is 10.1 Å². The minimum absolute atomic E-state index is 0.116. The molecule has 0 aliphatic carbocycles. The molecule has 5 aromatic rings. The van der Waals surface area contributed by atoms with Crippen LogP contribution in [0.2, 0.25) is 0 Å². The van der Waals surface area contributed by atoms with Crippen molar-refractivity contribution in [2.75, 3.05) is 18.4 Å². The number of hydrogen-bond acceptors (Lipinski definition) is 10. The number of hydrogen-bond donors (Lipinski definition) is 1. The fraction of sp³-hybridized carbons (Fsp3) is 0.250. The molecule has 0 atom stereocenters. The maximum atomic E-state index is 13.5. The summed E-state index contributed by atoms with van der Waals surface area (Å²) >= 11 is 2.99. The summed E-state index contributed by atoms with van der Waals surface area (Å²) in [4.78, 5) is 29.0. The van der Waals surface area contributed by atoms with E-state index < -0.39 is 0 Å². The molecule has 12 heteroatoms. The summed E-state index contributed by atoms with van der Waals surface area (Å²) in [6, 6.07) is 9.62. The van der Waals surface area contributed by atoms with Crippen LogP contribution in [-0.2, 0) is 4.79 Å². The molecule has 0 unspecified atom stereocenters. The third-order valence-corrected chi connectivity index (χ3v) is 8.51. The van der Waals surface area contributed by atoms with Gasteiger partial charge < -0.3 is 19.5 Å². The lowest BCUT2D eigenvalue weighted by atomic mass is 9.94. The van der Waals surface area contributed by atoms with Crippen molar-refractivity contribution in [2.24, 2.45) is 0 Å². The van der Waals surface area contributed by atoms with Crippen LogP contribution in [0, 0.1) is 12.7 Å². The molecule has 9 nitrogen and oxygen atoms in total. The molecular formula is C28H25FN6O3S2. The van der Waals surface area contributed by atoms with Gasteiger partial charge >= 0.3 is 0 Å². The largest absolute Gasteiger partial charge is 0.453 e. The second kappa shape index (κ2) is 11.2. The fourth-order valence-corrected chi connectivity index (χ4v) is 6.39. The minimum Gasteiger partial charge on any atom is -0.453 e. The molecule has 1 aromatic carbocycles. The van der Waals surface area contributed by atoms with Crippen LogP contribution >= 0.6 is 23.1 Å². The summed E-state index contributed by atoms with van der Waals surface area (Å²) < 4.78 is 25.0. The smallest absolute Gasteiger partial charge is 0.259 e. The van der Waals surface area contributed by atoms with Crippen LogP contribution in [-0.4, -0.2) is 44.0 Å². The van der Waals surface area contributed by atoms with E-state index in [1.165, 1.54) is 35.2 Å². The molecule has 1 aliphatic rings. The number of thiazole rings is 1. The first-order chi connectivity index (χ1) is 19.4. The van der Waals surface area contributed by atoms with E-state index in [1.54, 1.807) is 31.5 Å². The first-order valence-electron chi connectivity index (χ1n) is 12.7. The lowest BCUT2D eigenvalue weighted by Gasteiger charge is -2.30. The number of rotatable bonds is 7. The zero-order valence-corrected chi connectivity index (χ0v) is 23.4. The number of anilines is 2. The van der Waals surface area contributed by atoms with Crippen molar-refractivity contribution in [3.05, 3.63) is 71.4 Å². The van der Waals surface area contributed by atoms with Gasteiger partial charge in [0.15, 0.2) is 16.7 Å². The molecule has 0 radical (unpaired) electrons. The predicted molar refractivity (Wildman–Crippen MR) is 151 cm³/mol. The third kappa shape index (κ3) is 5.63. The van der Waals surface area contributed by atoms with E-state index in [2.05, 4.69) is 25.8 Å². The number of pyridine rings is 2. The maximum Gasteiger partial charge on any atom is 0.259 e. The van der Waals surface area contributed by atoms with Gasteiger partial charge in [0, 0.05) is 59.6 Å². The molecule has 5 heterocycles. The molecule has 1 N–H and O–H groups in total. The van der Waals surface area contributed by atoms with E-state index in [0.29, 0.717) is 34.1 Å². The van der Waals surface area contributed by atoms with E-state index in [-0.39, 0.29) is 11.7 Å². The number of aromatic nitrogens is 4. The fourth-order valence-electron chi connectivity index (χ4n) is 4.60. The monoisotopic (exact) mass is 576 g/mol. The molecular weight excluding hydrogens is 551 g/mol. The highest BCUT2D eigenvalue weighted by Crippen LogP contribution is 2.39. The van der Waals surface area contributed by atoms with Crippen molar-refractivity contribution in [3.8, 4) is 11.5 Å². The van der Waals surface area contributed by atoms with E-state index >= 15 is 0 Å². The number of carbonyl (C=O) groups is 1. The number of nitrogens with zero attached hydrogens (tertiary/aromatic N) is 5. The van der Waals surface area contributed by atoms with Crippen molar-refractivity contribution < 1.29 is 18.4 Å². The second-order valence-corrected chi connectivity index (χ2v) is 11.4. The normalized spacial score (nSPS) is 14.0. The summed E-state index contributed by atoms with van der Waals surface area (Å²) in [7, 11) is 0. The number of piperidine rings is 1. The Morgan fingerprint density at radius 2 is 2.00 bits per heavy atom. The molecule has 40 heavy (non-hydrogen) atoms. The van der Waals surface area contributed by atoms with Crippen LogP contribution in [0.4, 0.5) is 15.3 Å². The number of carbonyl (C=O) groups excluding carboxylic acids is 1. The number of halogens is 1. The van der Waals surface area contributed by atoms with Crippen LogP contribution in [0.25, 0.3) is 11.1 Å². The summed E-state index contributed by atoms with van der Waals surface area (Å²) in [5.41, 5.74) is 2.24. The molecule has 6 rings (SSSR count). The summed E-state index contributed by atoms with van der Waals surface area (Å²) in [5.74, 6) is 1.51. The van der Waals surface area contributed by atoms with Crippen molar-refractivity contribution in [1.82, 2.24) is 25.0 Å². The molecule has 204 valence electrons. The van der Waals surface area contributed by atoms with Gasteiger partial charge in [0.05, 0.1) is 16.8 Å². The van der Waals surface area contributed by atoms with Crippen LogP contribution in [0.5, 0.6) is 11.5 Å². The van der Waals surface area contributed by atoms with Gasteiger partial charge in [-0.05, 0) is 50.1 Å². The number of benzene rings is 1. The van der Waals surface area contributed by atoms with Crippen LogP contribution in [0.3, 0.4) is 0 Å². The minimum atomic E-state index is -0.344. The quantitative estimate of drug-likeness (QED) is 0.221. The third-order valence-electron chi connectivity index (χ3n) is 6.71. The Labute approximate surface area is 237 Å². The molecule has 4 aromatic heterocycles. The Morgan fingerprint density at radius 1 is 1.20 bits per heavy atom. The van der Waals surface area contributed by atoms with Crippen molar-refractivity contribution >= 4 is 51.1 Å². The number of amides is 1. The zero-order chi connectivity index (χ0) is 27.6. The summed E-state index contributed by atoms with van der Waals surface area (Å²) in [5, 5.41) is 10.9. The molecule has 1 saturated heterocycles. The number of nitrogens with one attached hydrogen (secondary N) is 1. The number of ether oxygens (including phenoxy) is 1. The van der Waals surface area contributed by atoms with E-state index in [0.717, 1.165) is 52.5 Å². The zero-order valence-electron chi connectivity index (χ0n) is 21.8. The number of likely N-dealkylation sites (tertiary alicyclic amines) is 1. The van der Waals surface area contributed by atoms with Gasteiger partial charge in [-0.3, -0.25) is 4.79 Å². The van der Waals surface area contributed by atoms with Crippen molar-refractivity contribution in [1.29, 1.82) is 0 Å². The molecule has 0 saturated carbocycles. The van der Waals surface area contributed by atoms with Gasteiger partial charge in [-0.1, -0.05) is 16.9 Å². The summed E-state index contributed by atoms with van der Waals surface area (Å²) in [6.07, 6.45) is 5.21. The first kappa shape index (κ1) is 26.2. The Balaban J connectivity index is 1.26. The van der Waals surface area contributed by atoms with Gasteiger partial charge in [0.2, 0.25) is 5.91 Å². The molecule has 0 bridgehead atoms. The Morgan fingerprint density at radius 3 is 2.77 bits per heavy atom. The molecule has 1 aliphatic heterocycles. The van der Waals surface area contributed by atoms with Gasteiger partial charge in [-0.25, -0.2) is 19.3 Å². The highest BCUT2D eigenvalue weighted by molar-refractivity contribution is 7.99. The highest BCUT2D eigenvalue weighted by Gasteiger charge is 2.24. The number of aryl methyl sites for hydroxylation is 1. The highest BCUT2D eigenvalue weighted by atomic mass is 32.2. The lowest BCUT2D eigenvalue weighted by Crippen LogP contribution is -2.36. The Bertz CT molecular complexity index is 1660. The van der Waals surface area contributed by atoms with Crippen molar-refractivity contribution in [2.45, 2.75) is 42.4 Å². The summed E-state index contributed by atoms with van der Waals surface area (Å²) in [6.45, 7) is 4.98. The SMILES string of the molecule is CC(=O)N1CCC(c2csc(Nc3ncc(Sc4ccnc5onc(C)c45)cc3Oc3ccc(F)cc3)n2)CC1. The lowest BCUT2D eigenvalue weighted by molar-refractivity contribution is -0.129. The van der Waals surface area contributed by atoms with Crippen molar-refractivity contribution in [3.63, 3.8) is 0 Å². The van der Waals surface area contributed by atoms with Gasteiger partial charge in [-0.15, -0.1) is 11.3 Å². The first-order valence-corrected chi connectivity index (χ1v) is 14.4. The van der Waals surface area contributed by atoms with Crippen LogP contribution in [0.1, 0.15) is 37.1 Å². The van der Waals surface area contributed by atoms with Crippen LogP contribution in [0.15, 0.2) is 68.5 Å². The molecule has 0 spiro atoms. The standard InChI is InChI=1S/C28H25FN6O3S2/c1-16-25-24(7-10-30-27(25)38-34-16)40-21-13-23(37-20-5-3-19(29)4-6-20)26(31-14-21)33-28-32-22(15-39-28)18-8-11-35(12-9-18)17(2)36/h3-7,10,13-15,18H,8-9,11-12H2,1-2H3,(H,31,32,33). The molecule has 1 fully saturated rings. The Hall–Kier alpha value is -4.03. The second-order valence-electron chi connectivity index (χ2n) is 9.42. The average Bonchev–Trinajstić information content (AvgIpc) is 3.59. The van der Waals surface area contributed by atoms with Gasteiger partial charge in [0.1, 0.15) is 11.6 Å². The van der Waals surface area contributed by atoms with E-state index in [9.17, 15) is 9.18 Å². The Kier molecular flexibility index (Phi) is 7.35. The molecule has 1 amide bonds. The predicted octanol–water partition coefficient (Wildman–Crippen LogP) is 6.93. The average molecular weight is 577 g/mol. The maximum absolute atomic E-state index is 13.5. The van der Waals surface area contributed by atoms with E-state index in [1.807, 2.05) is 24.0 Å². The van der Waals surface area contributed by atoms with Gasteiger partial charge in [0.25, 0.3) is 5.71 Å². The number of fused-ring (bicyclic) bond motifs is 1.